The number of carbonyl (C=O) groups excluding carboxylic acids is 1. The number of carbonyl (C=O) groups is 1. The molecule has 4 rings (SSSR count). The number of nitriles is 1. The lowest BCUT2D eigenvalue weighted by Gasteiger charge is -2.34. The molecular weight excluding hydrogens is 452 g/mol. The summed E-state index contributed by atoms with van der Waals surface area (Å²) in [4.78, 5) is 14.4. The van der Waals surface area contributed by atoms with Gasteiger partial charge in [0.05, 0.1) is 21.9 Å². The van der Waals surface area contributed by atoms with Crippen molar-refractivity contribution in [3.8, 4) is 6.07 Å². The molecule has 2 aliphatic rings. The van der Waals surface area contributed by atoms with Crippen molar-refractivity contribution in [1.29, 1.82) is 5.26 Å². The second-order valence-electron chi connectivity index (χ2n) is 7.59. The van der Waals surface area contributed by atoms with Gasteiger partial charge < -0.3 is 4.90 Å². The van der Waals surface area contributed by atoms with Crippen molar-refractivity contribution in [2.45, 2.75) is 11.3 Å². The fraction of sp³-hybridized carbons (Fsp3) is 0.333. The highest BCUT2D eigenvalue weighted by molar-refractivity contribution is 7.93. The third-order valence-electron chi connectivity index (χ3n) is 5.65. The van der Waals surface area contributed by atoms with Crippen LogP contribution in [-0.4, -0.2) is 70.4 Å². The van der Waals surface area contributed by atoms with E-state index < -0.39 is 20.0 Å². The zero-order chi connectivity index (χ0) is 22.9. The van der Waals surface area contributed by atoms with Gasteiger partial charge in [0.15, 0.2) is 0 Å². The third kappa shape index (κ3) is 4.09. The molecule has 2 fully saturated rings. The topological polar surface area (TPSA) is 119 Å². The van der Waals surface area contributed by atoms with Crippen molar-refractivity contribution in [2.24, 2.45) is 0 Å². The summed E-state index contributed by atoms with van der Waals surface area (Å²) in [5, 5.41) is 9.22. The molecule has 2 aromatic rings. The average Bonchev–Trinajstić information content (AvgIpc) is 3.17. The zero-order valence-corrected chi connectivity index (χ0v) is 18.8. The number of hydrogen-bond acceptors (Lipinski definition) is 6. The molecule has 0 aliphatic carbocycles. The molecule has 9 nitrogen and oxygen atoms in total. The Morgan fingerprint density at radius 2 is 1.59 bits per heavy atom. The van der Waals surface area contributed by atoms with Gasteiger partial charge in [0, 0.05) is 38.3 Å². The molecule has 0 N–H and O–H groups in total. The Labute approximate surface area is 187 Å². The molecule has 11 heteroatoms. The predicted molar refractivity (Wildman–Crippen MR) is 118 cm³/mol. The Hall–Kier alpha value is -2.94. The van der Waals surface area contributed by atoms with E-state index in [9.17, 15) is 26.9 Å². The summed E-state index contributed by atoms with van der Waals surface area (Å²) in [6.07, 6.45) is 0.578. The number of sulfonamides is 2. The van der Waals surface area contributed by atoms with Crippen molar-refractivity contribution in [2.75, 3.05) is 42.8 Å². The number of rotatable bonds is 4. The Morgan fingerprint density at radius 1 is 0.938 bits per heavy atom. The number of benzene rings is 2. The molecule has 2 saturated heterocycles. The molecular formula is C21H22N4O5S2. The van der Waals surface area contributed by atoms with E-state index in [-0.39, 0.29) is 48.3 Å². The van der Waals surface area contributed by atoms with Gasteiger partial charge in [0.1, 0.15) is 6.07 Å². The van der Waals surface area contributed by atoms with E-state index in [4.69, 9.17) is 0 Å². The van der Waals surface area contributed by atoms with Crippen LogP contribution in [0.25, 0.3) is 0 Å². The summed E-state index contributed by atoms with van der Waals surface area (Å²) < 4.78 is 52.7. The van der Waals surface area contributed by atoms with Gasteiger partial charge in [-0.2, -0.15) is 9.57 Å². The maximum absolute atomic E-state index is 12.9. The number of nitrogens with zero attached hydrogens (tertiary/aromatic N) is 4. The quantitative estimate of drug-likeness (QED) is 0.658. The van der Waals surface area contributed by atoms with Crippen molar-refractivity contribution in [3.63, 3.8) is 0 Å². The summed E-state index contributed by atoms with van der Waals surface area (Å²) in [7, 11) is -7.12. The van der Waals surface area contributed by atoms with Crippen molar-refractivity contribution in [3.05, 3.63) is 59.7 Å². The summed E-state index contributed by atoms with van der Waals surface area (Å²) in [5.74, 6) is -0.116. The molecule has 0 spiro atoms. The Kier molecular flexibility index (Phi) is 5.94. The van der Waals surface area contributed by atoms with Crippen LogP contribution in [0.15, 0.2) is 53.4 Å². The van der Waals surface area contributed by atoms with E-state index in [1.54, 1.807) is 41.3 Å². The van der Waals surface area contributed by atoms with Crippen LogP contribution >= 0.6 is 0 Å². The second kappa shape index (κ2) is 8.54. The summed E-state index contributed by atoms with van der Waals surface area (Å²) in [6.45, 7) is 1.11. The maximum atomic E-state index is 12.9. The van der Waals surface area contributed by atoms with Crippen molar-refractivity contribution < 1.29 is 21.6 Å². The predicted octanol–water partition coefficient (Wildman–Crippen LogP) is 1.24. The van der Waals surface area contributed by atoms with Gasteiger partial charge in [-0.1, -0.05) is 12.1 Å². The zero-order valence-electron chi connectivity index (χ0n) is 17.2. The molecule has 0 aromatic heterocycles. The van der Waals surface area contributed by atoms with Gasteiger partial charge in [0.25, 0.3) is 5.91 Å². The fourth-order valence-corrected chi connectivity index (χ4v) is 7.07. The summed E-state index contributed by atoms with van der Waals surface area (Å²) in [6, 6.07) is 14.4. The summed E-state index contributed by atoms with van der Waals surface area (Å²) in [5.41, 5.74) is 1.04. The SMILES string of the molecule is N#Cc1ccccc1S(=O)(=O)N1CCN(C(=O)c2ccc(N3CCCS3(=O)=O)cc2)CC1. The van der Waals surface area contributed by atoms with Crippen molar-refractivity contribution >= 4 is 31.6 Å². The minimum Gasteiger partial charge on any atom is -0.336 e. The third-order valence-corrected chi connectivity index (χ3v) is 9.48. The second-order valence-corrected chi connectivity index (χ2v) is 11.5. The van der Waals surface area contributed by atoms with Gasteiger partial charge in [0.2, 0.25) is 20.0 Å². The fourth-order valence-electron chi connectivity index (χ4n) is 3.94. The first-order valence-electron chi connectivity index (χ1n) is 10.1. The van der Waals surface area contributed by atoms with Gasteiger partial charge in [-0.15, -0.1) is 0 Å². The molecule has 168 valence electrons. The van der Waals surface area contributed by atoms with Gasteiger partial charge in [-0.25, -0.2) is 16.8 Å². The standard InChI is InChI=1S/C21H22N4O5S2/c22-16-18-4-1-2-5-20(18)32(29,30)24-13-11-23(12-14-24)21(26)17-6-8-19(9-7-17)25-10-3-15-31(25,27)28/h1-2,4-9H,3,10-15H2. The van der Waals surface area contributed by atoms with Crippen LogP contribution in [0, 0.1) is 11.3 Å². The molecule has 32 heavy (non-hydrogen) atoms. The lowest BCUT2D eigenvalue weighted by Crippen LogP contribution is -2.50. The lowest BCUT2D eigenvalue weighted by molar-refractivity contribution is 0.0698. The van der Waals surface area contributed by atoms with Crippen LogP contribution in [0.4, 0.5) is 5.69 Å². The number of hydrogen-bond donors (Lipinski definition) is 0. The Balaban J connectivity index is 1.43. The maximum Gasteiger partial charge on any atom is 0.253 e. The van der Waals surface area contributed by atoms with Crippen LogP contribution in [0.5, 0.6) is 0 Å². The average molecular weight is 475 g/mol. The van der Waals surface area contributed by atoms with E-state index in [2.05, 4.69) is 0 Å². The van der Waals surface area contributed by atoms with E-state index >= 15 is 0 Å². The molecule has 2 heterocycles. The molecule has 1 amide bonds. The molecule has 2 aliphatic heterocycles. The molecule has 0 saturated carbocycles. The molecule has 0 atom stereocenters. The van der Waals surface area contributed by atoms with E-state index in [0.29, 0.717) is 24.2 Å². The molecule has 0 bridgehead atoms. The minimum atomic E-state index is -3.83. The Bertz CT molecular complexity index is 1280. The van der Waals surface area contributed by atoms with Crippen LogP contribution < -0.4 is 4.31 Å². The smallest absolute Gasteiger partial charge is 0.253 e. The highest BCUT2D eigenvalue weighted by Crippen LogP contribution is 2.25. The van der Waals surface area contributed by atoms with E-state index in [1.165, 1.54) is 20.7 Å². The largest absolute Gasteiger partial charge is 0.336 e. The molecule has 0 radical (unpaired) electrons. The van der Waals surface area contributed by atoms with Gasteiger partial charge >= 0.3 is 0 Å². The lowest BCUT2D eigenvalue weighted by atomic mass is 10.1. The monoisotopic (exact) mass is 474 g/mol. The minimum absolute atomic E-state index is 0.0327. The first-order valence-corrected chi connectivity index (χ1v) is 13.2. The molecule has 0 unspecified atom stereocenters. The first-order chi connectivity index (χ1) is 15.2. The number of anilines is 1. The highest BCUT2D eigenvalue weighted by atomic mass is 32.2. The van der Waals surface area contributed by atoms with Gasteiger partial charge in [-0.3, -0.25) is 9.10 Å². The number of piperazine rings is 1. The van der Waals surface area contributed by atoms with Crippen molar-refractivity contribution in [1.82, 2.24) is 9.21 Å². The highest BCUT2D eigenvalue weighted by Gasteiger charge is 2.32. The Morgan fingerprint density at radius 3 is 2.19 bits per heavy atom. The van der Waals surface area contributed by atoms with Crippen LogP contribution in [0.3, 0.4) is 0 Å². The van der Waals surface area contributed by atoms with Crippen LogP contribution in [0.2, 0.25) is 0 Å². The van der Waals surface area contributed by atoms with Crippen LogP contribution in [0.1, 0.15) is 22.3 Å². The summed E-state index contributed by atoms with van der Waals surface area (Å²) >= 11 is 0. The first kappa shape index (κ1) is 22.3. The van der Waals surface area contributed by atoms with E-state index in [0.717, 1.165) is 0 Å². The number of amides is 1. The van der Waals surface area contributed by atoms with Crippen LogP contribution in [-0.2, 0) is 20.0 Å². The van der Waals surface area contributed by atoms with Gasteiger partial charge in [-0.05, 0) is 42.8 Å². The molecule has 2 aromatic carbocycles. The normalized spacial score (nSPS) is 19.0. The van der Waals surface area contributed by atoms with E-state index in [1.807, 2.05) is 6.07 Å².